The normalized spacial score (nSPS) is 8.40. The molecule has 0 fully saturated rings. The van der Waals surface area contributed by atoms with Crippen LogP contribution in [-0.4, -0.2) is 6.67 Å². The van der Waals surface area contributed by atoms with Crippen molar-refractivity contribution < 1.29 is 4.39 Å². The van der Waals surface area contributed by atoms with Crippen molar-refractivity contribution in [2.75, 3.05) is 6.67 Å². The highest BCUT2D eigenvalue weighted by Crippen LogP contribution is 1.93. The molecule has 5 heavy (non-hydrogen) atoms. The number of rotatable bonds is 2. The summed E-state index contributed by atoms with van der Waals surface area (Å²) in [6.07, 6.45) is 0.514. The Morgan fingerprint density at radius 1 is 1.80 bits per heavy atom. The smallest absolute Gasteiger partial charge is 0.0905 e. The number of halogens is 2. The Balaban J connectivity index is 2.19. The lowest BCUT2D eigenvalue weighted by atomic mass is 10.6. The van der Waals surface area contributed by atoms with Crippen molar-refractivity contribution in [2.45, 2.75) is 6.42 Å². The lowest BCUT2D eigenvalue weighted by molar-refractivity contribution is 0.498. The van der Waals surface area contributed by atoms with Gasteiger partial charge in [0.1, 0.15) is 0 Å². The predicted molar refractivity (Wildman–Crippen MR) is 23.8 cm³/mol. The first-order valence-electron chi connectivity index (χ1n) is 1.39. The molecule has 0 aliphatic carbocycles. The molecular formula is C3H5BrF. The molecule has 0 aromatic heterocycles. The largest absolute Gasteiger partial charge is 0.251 e. The molecule has 0 spiro atoms. The van der Waals surface area contributed by atoms with Crippen LogP contribution in [0.4, 0.5) is 4.39 Å². The van der Waals surface area contributed by atoms with Gasteiger partial charge in [0.25, 0.3) is 0 Å². The number of hydrogen-bond acceptors (Lipinski definition) is 0. The zero-order valence-corrected chi connectivity index (χ0v) is 4.33. The van der Waals surface area contributed by atoms with E-state index in [9.17, 15) is 4.39 Å². The molecule has 1 radical (unpaired) electrons. The Morgan fingerprint density at radius 3 is 2.40 bits per heavy atom. The molecule has 0 atom stereocenters. The van der Waals surface area contributed by atoms with E-state index >= 15 is 0 Å². The highest BCUT2D eigenvalue weighted by molar-refractivity contribution is 9.10. The minimum Gasteiger partial charge on any atom is -0.251 e. The molecule has 0 aromatic rings. The van der Waals surface area contributed by atoms with Gasteiger partial charge in [-0.05, 0) is 6.42 Å². The second-order valence-electron chi connectivity index (χ2n) is 0.632. The summed E-state index contributed by atoms with van der Waals surface area (Å²) in [7, 11) is 0. The summed E-state index contributed by atoms with van der Waals surface area (Å²) in [5.74, 6) is 0. The average molecular weight is 140 g/mol. The average Bonchev–Trinajstić information content (AvgIpc) is 1.41. The van der Waals surface area contributed by atoms with Crippen molar-refractivity contribution in [1.29, 1.82) is 0 Å². The molecule has 31 valence electrons. The van der Waals surface area contributed by atoms with E-state index in [0.717, 1.165) is 0 Å². The van der Waals surface area contributed by atoms with E-state index in [-0.39, 0.29) is 6.67 Å². The Kier molecular flexibility index (Phi) is 4.77. The summed E-state index contributed by atoms with van der Waals surface area (Å²) in [5.41, 5.74) is 0. The maximum Gasteiger partial charge on any atom is 0.0905 e. The first-order valence-corrected chi connectivity index (χ1v) is 2.31. The molecule has 0 rings (SSSR count). The van der Waals surface area contributed by atoms with Crippen LogP contribution in [0.3, 0.4) is 0 Å². The first kappa shape index (κ1) is 5.41. The van der Waals surface area contributed by atoms with E-state index in [1.54, 1.807) is 5.33 Å². The maximum absolute atomic E-state index is 10.9. The monoisotopic (exact) mass is 139 g/mol. The summed E-state index contributed by atoms with van der Waals surface area (Å²) < 4.78 is 10.9. The van der Waals surface area contributed by atoms with E-state index in [2.05, 4.69) is 15.9 Å². The summed E-state index contributed by atoms with van der Waals surface area (Å²) in [4.78, 5) is 0. The van der Waals surface area contributed by atoms with Crippen molar-refractivity contribution in [1.82, 2.24) is 0 Å². The molecule has 0 saturated heterocycles. The molecule has 0 aromatic carbocycles. The molecule has 0 unspecified atom stereocenters. The van der Waals surface area contributed by atoms with Crippen LogP contribution in [0, 0.1) is 5.33 Å². The van der Waals surface area contributed by atoms with Crippen molar-refractivity contribution in [3.63, 3.8) is 0 Å². The van der Waals surface area contributed by atoms with Crippen LogP contribution in [0.25, 0.3) is 0 Å². The molecule has 0 nitrogen and oxygen atoms in total. The fraction of sp³-hybridized carbons (Fsp3) is 0.667. The second-order valence-corrected chi connectivity index (χ2v) is 1.28. The Bertz CT molecular complexity index is 14.4. The molecule has 0 heterocycles. The van der Waals surface area contributed by atoms with Gasteiger partial charge in [0.2, 0.25) is 0 Å². The van der Waals surface area contributed by atoms with Crippen LogP contribution in [0.1, 0.15) is 6.42 Å². The fourth-order valence-electron chi connectivity index (χ4n) is 0.0412. The summed E-state index contributed by atoms with van der Waals surface area (Å²) in [6, 6.07) is 0. The fourth-order valence-corrected chi connectivity index (χ4v) is 0.214. The SMILES string of the molecule is FCC[CH]Br. The molecule has 0 aliphatic heterocycles. The number of alkyl halides is 1. The van der Waals surface area contributed by atoms with Crippen LogP contribution in [0.5, 0.6) is 0 Å². The molecule has 0 aliphatic rings. The Hall–Kier alpha value is 0.410. The van der Waals surface area contributed by atoms with Crippen LogP contribution < -0.4 is 0 Å². The van der Waals surface area contributed by atoms with Crippen LogP contribution in [-0.2, 0) is 0 Å². The van der Waals surface area contributed by atoms with Crippen molar-refractivity contribution in [3.05, 3.63) is 5.33 Å². The van der Waals surface area contributed by atoms with Gasteiger partial charge in [0, 0.05) is 5.33 Å². The second kappa shape index (κ2) is 4.41. The van der Waals surface area contributed by atoms with Crippen molar-refractivity contribution >= 4 is 15.9 Å². The molecule has 2 heteroatoms. The standard InChI is InChI=1S/C3H5BrF/c4-2-1-3-5/h2H,1,3H2. The zero-order chi connectivity index (χ0) is 4.12. The van der Waals surface area contributed by atoms with Crippen molar-refractivity contribution in [3.8, 4) is 0 Å². The first-order chi connectivity index (χ1) is 2.41. The van der Waals surface area contributed by atoms with E-state index in [1.807, 2.05) is 0 Å². The van der Waals surface area contributed by atoms with Gasteiger partial charge in [-0.1, -0.05) is 15.9 Å². The minimum atomic E-state index is -0.259. The molecule has 0 saturated carbocycles. The van der Waals surface area contributed by atoms with E-state index in [0.29, 0.717) is 6.42 Å². The van der Waals surface area contributed by atoms with Crippen LogP contribution in [0.15, 0.2) is 0 Å². The van der Waals surface area contributed by atoms with Gasteiger partial charge in [-0.2, -0.15) is 0 Å². The van der Waals surface area contributed by atoms with Crippen LogP contribution >= 0.6 is 15.9 Å². The van der Waals surface area contributed by atoms with Gasteiger partial charge in [0.15, 0.2) is 0 Å². The van der Waals surface area contributed by atoms with E-state index in [1.165, 1.54) is 0 Å². The Labute approximate surface area is 39.5 Å². The molecule has 0 N–H and O–H groups in total. The predicted octanol–water partition coefficient (Wildman–Crippen LogP) is 1.90. The van der Waals surface area contributed by atoms with Gasteiger partial charge in [-0.25, -0.2) is 0 Å². The van der Waals surface area contributed by atoms with Gasteiger partial charge >= 0.3 is 0 Å². The molecular weight excluding hydrogens is 135 g/mol. The maximum atomic E-state index is 10.9. The third-order valence-corrected chi connectivity index (χ3v) is 0.676. The summed E-state index contributed by atoms with van der Waals surface area (Å²) in [5, 5.41) is 1.62. The van der Waals surface area contributed by atoms with E-state index in [4.69, 9.17) is 0 Å². The Morgan fingerprint density at radius 2 is 2.40 bits per heavy atom. The molecule has 0 amide bonds. The highest BCUT2D eigenvalue weighted by Gasteiger charge is 1.74. The minimum absolute atomic E-state index is 0.259. The third-order valence-electron chi connectivity index (χ3n) is 0.218. The quantitative estimate of drug-likeness (QED) is 0.549. The highest BCUT2D eigenvalue weighted by atomic mass is 79.9. The topological polar surface area (TPSA) is 0 Å². The summed E-state index contributed by atoms with van der Waals surface area (Å²) >= 11 is 2.94. The van der Waals surface area contributed by atoms with Crippen molar-refractivity contribution in [2.24, 2.45) is 0 Å². The number of hydrogen-bond donors (Lipinski definition) is 0. The lowest BCUT2D eigenvalue weighted by Crippen LogP contribution is -1.65. The third kappa shape index (κ3) is 4.41. The summed E-state index contributed by atoms with van der Waals surface area (Å²) in [6.45, 7) is -0.259. The van der Waals surface area contributed by atoms with Gasteiger partial charge < -0.3 is 0 Å². The van der Waals surface area contributed by atoms with Crippen LogP contribution in [0.2, 0.25) is 0 Å². The van der Waals surface area contributed by atoms with Gasteiger partial charge in [0.05, 0.1) is 6.67 Å². The van der Waals surface area contributed by atoms with Gasteiger partial charge in [-0.3, -0.25) is 4.39 Å². The lowest BCUT2D eigenvalue weighted by Gasteiger charge is -1.74. The van der Waals surface area contributed by atoms with E-state index < -0.39 is 0 Å². The molecule has 0 bridgehead atoms. The van der Waals surface area contributed by atoms with Gasteiger partial charge in [-0.15, -0.1) is 0 Å². The zero-order valence-electron chi connectivity index (χ0n) is 2.75.